The summed E-state index contributed by atoms with van der Waals surface area (Å²) in [5.74, 6) is -0.796. The van der Waals surface area contributed by atoms with Gasteiger partial charge in [0.1, 0.15) is 5.69 Å². The molecule has 1 saturated carbocycles. The molecular weight excluding hydrogens is 515 g/mol. The lowest BCUT2D eigenvalue weighted by molar-refractivity contribution is -0.192. The zero-order valence-electron chi connectivity index (χ0n) is 20.2. The van der Waals surface area contributed by atoms with Crippen LogP contribution in [0.4, 0.5) is 33.6 Å². The number of piperidine rings is 1. The number of nitrogens with zero attached hydrogens (tertiary/aromatic N) is 5. The summed E-state index contributed by atoms with van der Waals surface area (Å²) in [6.45, 7) is 1.71. The number of fused-ring (bicyclic) bond motifs is 1. The molecule has 2 aromatic heterocycles. The summed E-state index contributed by atoms with van der Waals surface area (Å²) < 4.78 is 56.9. The quantitative estimate of drug-likeness (QED) is 0.312. The third-order valence-corrected chi connectivity index (χ3v) is 6.29. The Labute approximate surface area is 214 Å². The van der Waals surface area contributed by atoms with E-state index >= 15 is 0 Å². The van der Waals surface area contributed by atoms with Crippen LogP contribution in [-0.2, 0) is 11.3 Å². The van der Waals surface area contributed by atoms with Gasteiger partial charge in [0, 0.05) is 35.8 Å². The van der Waals surface area contributed by atoms with Gasteiger partial charge in [0.25, 0.3) is 6.43 Å². The third kappa shape index (κ3) is 7.24. The fourth-order valence-corrected chi connectivity index (χ4v) is 4.23. The largest absolute Gasteiger partial charge is 0.490 e. The Balaban J connectivity index is 0.000000426. The molecule has 5 rings (SSSR count). The lowest BCUT2D eigenvalue weighted by Gasteiger charge is -2.32. The Morgan fingerprint density at radius 3 is 2.24 bits per heavy atom. The Morgan fingerprint density at radius 2 is 1.66 bits per heavy atom. The van der Waals surface area contributed by atoms with Crippen LogP contribution >= 0.6 is 0 Å². The summed E-state index contributed by atoms with van der Waals surface area (Å²) in [5, 5.41) is 36.1. The molecule has 1 aliphatic heterocycles. The minimum Gasteiger partial charge on any atom is -0.475 e. The summed E-state index contributed by atoms with van der Waals surface area (Å²) in [4.78, 5) is 10.7. The van der Waals surface area contributed by atoms with E-state index in [0.717, 1.165) is 40.8 Å². The zero-order valence-corrected chi connectivity index (χ0v) is 20.2. The molecule has 0 amide bonds. The summed E-state index contributed by atoms with van der Waals surface area (Å²) in [7, 11) is 0. The number of aromatic nitrogens is 5. The van der Waals surface area contributed by atoms with Crippen molar-refractivity contribution >= 4 is 28.4 Å². The standard InChI is InChI=1S/C21H26F2N8.C2HF3O2/c22-18(23)12-31-9-7-14(8-10-31)25-21-16-4-2-1-3-15(16)20(28-29-21)24-11-17-19(13-5-6-13)27-30-26-17;3-2(4,5)1(6)7/h1-4,13-14,18H,5-12H2,(H,24,28)(H,25,29)(H,26,27,30);(H,6,7). The number of alkyl halides is 5. The van der Waals surface area contributed by atoms with Crippen LogP contribution in [0.15, 0.2) is 24.3 Å². The summed E-state index contributed by atoms with van der Waals surface area (Å²) in [6.07, 6.45) is -3.41. The number of carboxylic acid groups (broad SMARTS) is 1. The first kappa shape index (κ1) is 27.4. The molecule has 1 aromatic carbocycles. The van der Waals surface area contributed by atoms with Gasteiger partial charge in [0.2, 0.25) is 0 Å². The van der Waals surface area contributed by atoms with Crippen molar-refractivity contribution in [2.75, 3.05) is 30.3 Å². The number of carboxylic acids is 1. The zero-order chi connectivity index (χ0) is 27.3. The van der Waals surface area contributed by atoms with Gasteiger partial charge >= 0.3 is 12.1 Å². The van der Waals surface area contributed by atoms with Crippen LogP contribution in [0.1, 0.15) is 43.0 Å². The highest BCUT2D eigenvalue weighted by Crippen LogP contribution is 2.40. The van der Waals surface area contributed by atoms with Crippen LogP contribution in [0, 0.1) is 0 Å². The fourth-order valence-electron chi connectivity index (χ4n) is 4.23. The number of halogens is 5. The van der Waals surface area contributed by atoms with Crippen molar-refractivity contribution in [3.8, 4) is 0 Å². The number of nitrogens with one attached hydrogen (secondary N) is 3. The Bertz CT molecular complexity index is 1230. The highest BCUT2D eigenvalue weighted by molar-refractivity contribution is 5.98. The van der Waals surface area contributed by atoms with Gasteiger partial charge in [-0.25, -0.2) is 13.6 Å². The number of likely N-dealkylation sites (tertiary alicyclic amines) is 1. The second-order valence-electron chi connectivity index (χ2n) is 9.14. The number of carbonyl (C=O) groups is 1. The first-order chi connectivity index (χ1) is 18.1. The molecule has 2 aliphatic rings. The van der Waals surface area contributed by atoms with E-state index in [1.54, 1.807) is 0 Å². The maximum Gasteiger partial charge on any atom is 0.490 e. The highest BCUT2D eigenvalue weighted by Gasteiger charge is 2.38. The SMILES string of the molecule is FC(F)CN1CCC(Nc2nnc(NCc3n[nH]nc3C3CC3)c3ccccc23)CC1.O=C(O)C(F)(F)F. The molecule has 0 atom stereocenters. The van der Waals surface area contributed by atoms with E-state index in [1.165, 1.54) is 12.8 Å². The molecule has 38 heavy (non-hydrogen) atoms. The Kier molecular flexibility index (Phi) is 8.54. The molecular formula is C23H27F5N8O2. The first-order valence-electron chi connectivity index (χ1n) is 12.1. The van der Waals surface area contributed by atoms with Crippen molar-refractivity contribution in [2.45, 2.75) is 56.8 Å². The van der Waals surface area contributed by atoms with Crippen LogP contribution in [0.25, 0.3) is 10.8 Å². The van der Waals surface area contributed by atoms with E-state index in [9.17, 15) is 22.0 Å². The number of anilines is 2. The summed E-state index contributed by atoms with van der Waals surface area (Å²) in [5.41, 5.74) is 1.97. The van der Waals surface area contributed by atoms with Crippen molar-refractivity contribution in [1.29, 1.82) is 0 Å². The smallest absolute Gasteiger partial charge is 0.475 e. The number of H-pyrrole nitrogens is 1. The molecule has 15 heteroatoms. The third-order valence-electron chi connectivity index (χ3n) is 6.29. The van der Waals surface area contributed by atoms with Crippen LogP contribution in [0.3, 0.4) is 0 Å². The molecule has 10 nitrogen and oxygen atoms in total. The number of hydrogen-bond acceptors (Lipinski definition) is 8. The average Bonchev–Trinajstić information content (AvgIpc) is 3.61. The molecule has 1 aliphatic carbocycles. The number of benzene rings is 1. The van der Waals surface area contributed by atoms with Crippen LogP contribution < -0.4 is 10.6 Å². The average molecular weight is 543 g/mol. The van der Waals surface area contributed by atoms with Crippen molar-refractivity contribution in [3.63, 3.8) is 0 Å². The van der Waals surface area contributed by atoms with E-state index < -0.39 is 18.6 Å². The number of aliphatic carboxylic acids is 1. The number of hydrogen-bond donors (Lipinski definition) is 4. The maximum atomic E-state index is 12.6. The fraction of sp³-hybridized carbons (Fsp3) is 0.522. The molecule has 1 saturated heterocycles. The number of aromatic amines is 1. The van der Waals surface area contributed by atoms with Crippen molar-refractivity contribution in [2.24, 2.45) is 0 Å². The predicted molar refractivity (Wildman–Crippen MR) is 128 cm³/mol. The van der Waals surface area contributed by atoms with Gasteiger partial charge in [0.05, 0.1) is 18.8 Å². The van der Waals surface area contributed by atoms with Gasteiger partial charge in [-0.1, -0.05) is 24.3 Å². The van der Waals surface area contributed by atoms with E-state index in [0.29, 0.717) is 31.4 Å². The minimum atomic E-state index is -5.08. The second-order valence-corrected chi connectivity index (χ2v) is 9.14. The molecule has 0 unspecified atom stereocenters. The minimum absolute atomic E-state index is 0.149. The van der Waals surface area contributed by atoms with Gasteiger partial charge < -0.3 is 15.7 Å². The maximum absolute atomic E-state index is 12.6. The lowest BCUT2D eigenvalue weighted by Crippen LogP contribution is -2.41. The van der Waals surface area contributed by atoms with Crippen molar-refractivity contribution in [3.05, 3.63) is 35.7 Å². The van der Waals surface area contributed by atoms with E-state index in [-0.39, 0.29) is 12.6 Å². The van der Waals surface area contributed by atoms with E-state index in [2.05, 4.69) is 36.2 Å². The predicted octanol–water partition coefficient (Wildman–Crippen LogP) is 4.01. The second kappa shape index (κ2) is 11.8. The van der Waals surface area contributed by atoms with E-state index in [1.807, 2.05) is 29.2 Å². The highest BCUT2D eigenvalue weighted by atomic mass is 19.4. The van der Waals surface area contributed by atoms with Crippen LogP contribution in [-0.4, -0.2) is 79.9 Å². The van der Waals surface area contributed by atoms with Crippen molar-refractivity contribution < 1.29 is 31.9 Å². The normalized spacial score (nSPS) is 16.8. The van der Waals surface area contributed by atoms with Gasteiger partial charge in [-0.15, -0.1) is 10.2 Å². The Hall–Kier alpha value is -3.62. The molecule has 3 heterocycles. The van der Waals surface area contributed by atoms with Gasteiger partial charge in [0.15, 0.2) is 11.6 Å². The Morgan fingerprint density at radius 1 is 1.05 bits per heavy atom. The first-order valence-corrected chi connectivity index (χ1v) is 12.1. The molecule has 2 fully saturated rings. The molecule has 3 aromatic rings. The lowest BCUT2D eigenvalue weighted by atomic mass is 10.0. The molecule has 0 radical (unpaired) electrons. The van der Waals surface area contributed by atoms with Gasteiger partial charge in [-0.05, 0) is 25.7 Å². The molecule has 0 bridgehead atoms. The van der Waals surface area contributed by atoms with Crippen LogP contribution in [0.5, 0.6) is 0 Å². The van der Waals surface area contributed by atoms with Gasteiger partial charge in [-0.2, -0.15) is 28.6 Å². The molecule has 206 valence electrons. The summed E-state index contributed by atoms with van der Waals surface area (Å²) in [6, 6.07) is 8.20. The topological polar surface area (TPSA) is 132 Å². The summed E-state index contributed by atoms with van der Waals surface area (Å²) >= 11 is 0. The van der Waals surface area contributed by atoms with Crippen LogP contribution in [0.2, 0.25) is 0 Å². The van der Waals surface area contributed by atoms with Crippen molar-refractivity contribution in [1.82, 2.24) is 30.5 Å². The monoisotopic (exact) mass is 542 g/mol. The molecule has 4 N–H and O–H groups in total. The van der Waals surface area contributed by atoms with Gasteiger partial charge in [-0.3, -0.25) is 4.90 Å². The van der Waals surface area contributed by atoms with E-state index in [4.69, 9.17) is 9.90 Å². The number of rotatable bonds is 8. The molecule has 0 spiro atoms.